The molecule has 0 unspecified atom stereocenters. The summed E-state index contributed by atoms with van der Waals surface area (Å²) in [6, 6.07) is 10.4. The van der Waals surface area contributed by atoms with Gasteiger partial charge in [0.2, 0.25) is 0 Å². The van der Waals surface area contributed by atoms with Crippen LogP contribution in [0.15, 0.2) is 42.7 Å². The SMILES string of the molecule is CN(C)SN1CC=C(c2cnc3[nH]cc(-c4ccc(OC5CCOCC5)c(C#N)c4)c3c2)CC1. The molecule has 1 aromatic carbocycles. The zero-order chi connectivity index (χ0) is 23.5. The number of aromatic nitrogens is 2. The number of pyridine rings is 1. The lowest BCUT2D eigenvalue weighted by molar-refractivity contribution is 0.0254. The summed E-state index contributed by atoms with van der Waals surface area (Å²) in [6.45, 7) is 3.33. The molecular formula is C26H29N5O2S. The lowest BCUT2D eigenvalue weighted by Crippen LogP contribution is -2.26. The lowest BCUT2D eigenvalue weighted by Gasteiger charge is -2.27. The molecule has 2 aliphatic heterocycles. The van der Waals surface area contributed by atoms with Crippen molar-refractivity contribution in [3.05, 3.63) is 53.9 Å². The highest BCUT2D eigenvalue weighted by molar-refractivity contribution is 7.94. The third-order valence-electron chi connectivity index (χ3n) is 6.23. The summed E-state index contributed by atoms with van der Waals surface area (Å²) in [7, 11) is 4.13. The molecule has 0 atom stereocenters. The van der Waals surface area contributed by atoms with E-state index < -0.39 is 0 Å². The van der Waals surface area contributed by atoms with Crippen LogP contribution in [0.5, 0.6) is 5.75 Å². The Morgan fingerprint density at radius 2 is 2.09 bits per heavy atom. The number of hydrogen-bond donors (Lipinski definition) is 1. The van der Waals surface area contributed by atoms with Gasteiger partial charge in [-0.1, -0.05) is 12.1 Å². The number of nitriles is 1. The molecule has 0 radical (unpaired) electrons. The quantitative estimate of drug-likeness (QED) is 0.510. The van der Waals surface area contributed by atoms with E-state index in [9.17, 15) is 5.26 Å². The molecule has 0 bridgehead atoms. The number of H-pyrrole nitrogens is 1. The second-order valence-electron chi connectivity index (χ2n) is 8.84. The van der Waals surface area contributed by atoms with Gasteiger partial charge in [0.1, 0.15) is 23.6 Å². The number of rotatable bonds is 6. The molecule has 5 rings (SSSR count). The molecular weight excluding hydrogens is 446 g/mol. The minimum atomic E-state index is 0.0994. The fourth-order valence-electron chi connectivity index (χ4n) is 4.50. The minimum absolute atomic E-state index is 0.0994. The molecule has 0 aliphatic carbocycles. The average Bonchev–Trinajstić information content (AvgIpc) is 3.28. The van der Waals surface area contributed by atoms with Crippen molar-refractivity contribution in [2.75, 3.05) is 40.4 Å². The topological polar surface area (TPSA) is 77.4 Å². The first kappa shape index (κ1) is 22.9. The Morgan fingerprint density at radius 3 is 2.82 bits per heavy atom. The largest absolute Gasteiger partial charge is 0.489 e. The van der Waals surface area contributed by atoms with E-state index in [0.29, 0.717) is 24.5 Å². The summed E-state index contributed by atoms with van der Waals surface area (Å²) in [5, 5.41) is 10.8. The number of nitrogens with one attached hydrogen (secondary N) is 1. The van der Waals surface area contributed by atoms with E-state index in [4.69, 9.17) is 9.47 Å². The number of hydrogen-bond acceptors (Lipinski definition) is 7. The Kier molecular flexibility index (Phi) is 6.88. The maximum Gasteiger partial charge on any atom is 0.137 e. The molecule has 176 valence electrons. The smallest absolute Gasteiger partial charge is 0.137 e. The van der Waals surface area contributed by atoms with Crippen molar-refractivity contribution in [3.8, 4) is 22.9 Å². The third kappa shape index (κ3) is 4.98. The summed E-state index contributed by atoms with van der Waals surface area (Å²) < 4.78 is 16.0. The molecule has 2 aromatic heterocycles. The second kappa shape index (κ2) is 10.2. The van der Waals surface area contributed by atoms with Crippen molar-refractivity contribution in [2.24, 2.45) is 0 Å². The van der Waals surface area contributed by atoms with Gasteiger partial charge < -0.3 is 14.5 Å². The summed E-state index contributed by atoms with van der Waals surface area (Å²) in [5.74, 6) is 0.643. The van der Waals surface area contributed by atoms with Crippen LogP contribution in [0.2, 0.25) is 0 Å². The Bertz CT molecular complexity index is 1240. The molecule has 3 aromatic rings. The van der Waals surface area contributed by atoms with Crippen molar-refractivity contribution >= 4 is 28.7 Å². The highest BCUT2D eigenvalue weighted by Crippen LogP contribution is 2.34. The van der Waals surface area contributed by atoms with Gasteiger partial charge in [-0.2, -0.15) is 5.26 Å². The normalized spacial score (nSPS) is 17.6. The molecule has 8 heteroatoms. The van der Waals surface area contributed by atoms with Crippen LogP contribution < -0.4 is 4.74 Å². The van der Waals surface area contributed by atoms with Crippen LogP contribution in [0.25, 0.3) is 27.7 Å². The van der Waals surface area contributed by atoms with E-state index in [1.165, 1.54) is 5.57 Å². The predicted octanol–water partition coefficient (Wildman–Crippen LogP) is 4.87. The summed E-state index contributed by atoms with van der Waals surface area (Å²) in [5.41, 5.74) is 5.90. The Morgan fingerprint density at radius 1 is 1.24 bits per heavy atom. The molecule has 1 N–H and O–H groups in total. The van der Waals surface area contributed by atoms with E-state index in [1.54, 1.807) is 12.1 Å². The third-order valence-corrected chi connectivity index (χ3v) is 7.11. The van der Waals surface area contributed by atoms with Crippen molar-refractivity contribution in [2.45, 2.75) is 25.4 Å². The first-order valence-electron chi connectivity index (χ1n) is 11.7. The molecule has 0 amide bonds. The Balaban J connectivity index is 1.41. The van der Waals surface area contributed by atoms with Crippen molar-refractivity contribution in [1.82, 2.24) is 18.6 Å². The molecule has 0 saturated carbocycles. The summed E-state index contributed by atoms with van der Waals surface area (Å²) in [6.07, 6.45) is 9.02. The fraction of sp³-hybridized carbons (Fsp3) is 0.385. The fourth-order valence-corrected chi connectivity index (χ4v) is 5.27. The van der Waals surface area contributed by atoms with Crippen LogP contribution in [-0.4, -0.2) is 65.1 Å². The monoisotopic (exact) mass is 475 g/mol. The summed E-state index contributed by atoms with van der Waals surface area (Å²) in [4.78, 5) is 7.97. The molecule has 4 heterocycles. The number of ether oxygens (including phenoxy) is 2. The van der Waals surface area contributed by atoms with Crippen molar-refractivity contribution < 1.29 is 9.47 Å². The van der Waals surface area contributed by atoms with Crippen LogP contribution in [0.1, 0.15) is 30.4 Å². The molecule has 1 saturated heterocycles. The Labute approximate surface area is 204 Å². The molecule has 0 spiro atoms. The van der Waals surface area contributed by atoms with Gasteiger partial charge in [-0.15, -0.1) is 0 Å². The van der Waals surface area contributed by atoms with Gasteiger partial charge in [0, 0.05) is 61.4 Å². The van der Waals surface area contributed by atoms with Gasteiger partial charge in [0.25, 0.3) is 0 Å². The van der Waals surface area contributed by atoms with Gasteiger partial charge in [-0.25, -0.2) is 13.6 Å². The first-order chi connectivity index (χ1) is 16.6. The number of nitrogens with zero attached hydrogens (tertiary/aromatic N) is 4. The average molecular weight is 476 g/mol. The molecule has 34 heavy (non-hydrogen) atoms. The van der Waals surface area contributed by atoms with E-state index in [0.717, 1.165) is 60.1 Å². The van der Waals surface area contributed by atoms with Crippen molar-refractivity contribution in [3.63, 3.8) is 0 Å². The predicted molar refractivity (Wildman–Crippen MR) is 136 cm³/mol. The minimum Gasteiger partial charge on any atom is -0.489 e. The zero-order valence-corrected chi connectivity index (χ0v) is 20.4. The highest BCUT2D eigenvalue weighted by atomic mass is 32.2. The van der Waals surface area contributed by atoms with Crippen LogP contribution in [0, 0.1) is 11.3 Å². The lowest BCUT2D eigenvalue weighted by atomic mass is 9.98. The van der Waals surface area contributed by atoms with Crippen molar-refractivity contribution in [1.29, 1.82) is 5.26 Å². The maximum atomic E-state index is 9.78. The van der Waals surface area contributed by atoms with E-state index in [-0.39, 0.29) is 6.10 Å². The zero-order valence-electron chi connectivity index (χ0n) is 19.6. The summed E-state index contributed by atoms with van der Waals surface area (Å²) >= 11 is 1.75. The molecule has 2 aliphatic rings. The number of aromatic amines is 1. The van der Waals surface area contributed by atoms with E-state index >= 15 is 0 Å². The van der Waals surface area contributed by atoms with E-state index in [1.807, 2.05) is 30.6 Å². The Hall–Kier alpha value is -2.83. The second-order valence-corrected chi connectivity index (χ2v) is 10.2. The molecule has 7 nitrogen and oxygen atoms in total. The highest BCUT2D eigenvalue weighted by Gasteiger charge is 2.19. The van der Waals surface area contributed by atoms with Gasteiger partial charge in [0.15, 0.2) is 0 Å². The van der Waals surface area contributed by atoms with Gasteiger partial charge in [-0.3, -0.25) is 0 Å². The maximum absolute atomic E-state index is 9.78. The van der Waals surface area contributed by atoms with Crippen LogP contribution >= 0.6 is 12.1 Å². The first-order valence-corrected chi connectivity index (χ1v) is 12.4. The number of benzene rings is 1. The van der Waals surface area contributed by atoms with Gasteiger partial charge in [0.05, 0.1) is 18.8 Å². The van der Waals surface area contributed by atoms with Gasteiger partial charge >= 0.3 is 0 Å². The molecule has 1 fully saturated rings. The number of fused-ring (bicyclic) bond motifs is 1. The standard InChI is InChI=1S/C26H29N5O2S/c1-30(2)34-31-9-5-18(6-10-31)21-14-23-24(17-29-26(23)28-16-21)19-3-4-25(20(13-19)15-27)33-22-7-11-32-12-8-22/h3-5,13-14,16-17,22H,6-12H2,1-2H3,(H,28,29). The van der Waals surface area contributed by atoms with Crippen LogP contribution in [0.3, 0.4) is 0 Å². The van der Waals surface area contributed by atoms with Gasteiger partial charge in [-0.05, 0) is 55.4 Å². The van der Waals surface area contributed by atoms with Crippen LogP contribution in [-0.2, 0) is 4.74 Å². The van der Waals surface area contributed by atoms with E-state index in [2.05, 4.69) is 50.9 Å². The van der Waals surface area contributed by atoms with Crippen LogP contribution in [0.4, 0.5) is 0 Å².